The van der Waals surface area contributed by atoms with Gasteiger partial charge in [0.1, 0.15) is 0 Å². The van der Waals surface area contributed by atoms with Crippen LogP contribution in [0.5, 0.6) is 0 Å². The molecule has 0 aromatic carbocycles. The lowest BCUT2D eigenvalue weighted by atomic mass is 10.1. The Labute approximate surface area is 98.9 Å². The van der Waals surface area contributed by atoms with E-state index < -0.39 is 0 Å². The predicted molar refractivity (Wildman–Crippen MR) is 65.7 cm³/mol. The molecule has 1 rings (SSSR count). The Morgan fingerprint density at radius 1 is 1.40 bits per heavy atom. The van der Waals surface area contributed by atoms with E-state index in [9.17, 15) is 0 Å². The van der Waals surface area contributed by atoms with E-state index in [0.29, 0.717) is 6.10 Å². The van der Waals surface area contributed by atoms with E-state index in [4.69, 9.17) is 16.3 Å². The van der Waals surface area contributed by atoms with E-state index in [1.54, 1.807) is 0 Å². The molecule has 0 spiro atoms. The van der Waals surface area contributed by atoms with Crippen molar-refractivity contribution in [3.63, 3.8) is 0 Å². The highest BCUT2D eigenvalue weighted by molar-refractivity contribution is 6.17. The second-order valence-corrected chi connectivity index (χ2v) is 4.71. The molecule has 1 unspecified atom stereocenters. The van der Waals surface area contributed by atoms with Gasteiger partial charge in [-0.15, -0.1) is 11.6 Å². The molecular formula is C12H24ClNO. The van der Waals surface area contributed by atoms with Crippen LogP contribution >= 0.6 is 11.6 Å². The maximum Gasteiger partial charge on any atom is 0.0702 e. The molecule has 0 saturated carbocycles. The molecule has 15 heavy (non-hydrogen) atoms. The van der Waals surface area contributed by atoms with Crippen molar-refractivity contribution in [3.8, 4) is 0 Å². The highest BCUT2D eigenvalue weighted by atomic mass is 35.5. The molecular weight excluding hydrogens is 210 g/mol. The van der Waals surface area contributed by atoms with Crippen molar-refractivity contribution in [2.75, 3.05) is 32.1 Å². The molecule has 0 N–H and O–H groups in total. The van der Waals surface area contributed by atoms with Crippen LogP contribution in [0, 0.1) is 0 Å². The minimum Gasteiger partial charge on any atom is -0.377 e. The Balaban J connectivity index is 2.11. The first kappa shape index (κ1) is 13.3. The molecule has 0 amide bonds. The van der Waals surface area contributed by atoms with Crippen molar-refractivity contribution in [3.05, 3.63) is 0 Å². The minimum atomic E-state index is 0.481. The Morgan fingerprint density at radius 3 is 3.00 bits per heavy atom. The van der Waals surface area contributed by atoms with E-state index in [2.05, 4.69) is 11.8 Å². The second-order valence-electron chi connectivity index (χ2n) is 4.33. The van der Waals surface area contributed by atoms with Gasteiger partial charge in [0.25, 0.3) is 0 Å². The largest absolute Gasteiger partial charge is 0.377 e. The summed E-state index contributed by atoms with van der Waals surface area (Å²) < 4.78 is 5.80. The normalized spacial score (nSPS) is 23.2. The van der Waals surface area contributed by atoms with Crippen LogP contribution in [0.1, 0.15) is 39.0 Å². The standard InChI is InChI=1S/C12H24ClNO/c1-2-10-15-12-6-5-9-14(11-12)8-4-3-7-13/h12H,2-11H2,1H3. The fourth-order valence-electron chi connectivity index (χ4n) is 2.07. The molecule has 1 aliphatic rings. The SMILES string of the molecule is CCCOC1CCCN(CCCCCl)C1. The average molecular weight is 234 g/mol. The fraction of sp³-hybridized carbons (Fsp3) is 1.00. The molecule has 0 aromatic rings. The van der Waals surface area contributed by atoms with Crippen LogP contribution in [0.2, 0.25) is 0 Å². The minimum absolute atomic E-state index is 0.481. The Morgan fingerprint density at radius 2 is 2.27 bits per heavy atom. The summed E-state index contributed by atoms with van der Waals surface area (Å²) in [5.74, 6) is 0.795. The van der Waals surface area contributed by atoms with Crippen LogP contribution < -0.4 is 0 Å². The van der Waals surface area contributed by atoms with Crippen molar-refractivity contribution in [1.29, 1.82) is 0 Å². The topological polar surface area (TPSA) is 12.5 Å². The van der Waals surface area contributed by atoms with Gasteiger partial charge in [0.05, 0.1) is 6.10 Å². The molecule has 0 aromatic heterocycles. The van der Waals surface area contributed by atoms with E-state index in [1.165, 1.54) is 32.4 Å². The lowest BCUT2D eigenvalue weighted by molar-refractivity contribution is -0.000239. The van der Waals surface area contributed by atoms with Gasteiger partial charge in [-0.2, -0.15) is 0 Å². The van der Waals surface area contributed by atoms with Crippen molar-refractivity contribution in [2.24, 2.45) is 0 Å². The Hall–Kier alpha value is 0.210. The maximum atomic E-state index is 5.80. The van der Waals surface area contributed by atoms with Crippen LogP contribution in [0.4, 0.5) is 0 Å². The number of alkyl halides is 1. The van der Waals surface area contributed by atoms with E-state index in [-0.39, 0.29) is 0 Å². The van der Waals surface area contributed by atoms with Gasteiger partial charge in [-0.25, -0.2) is 0 Å². The highest BCUT2D eigenvalue weighted by Gasteiger charge is 2.19. The van der Waals surface area contributed by atoms with Gasteiger partial charge in [-0.05, 0) is 45.2 Å². The van der Waals surface area contributed by atoms with E-state index >= 15 is 0 Å². The van der Waals surface area contributed by atoms with Gasteiger partial charge in [0.2, 0.25) is 0 Å². The van der Waals surface area contributed by atoms with Gasteiger partial charge in [-0.3, -0.25) is 0 Å². The number of rotatable bonds is 7. The highest BCUT2D eigenvalue weighted by Crippen LogP contribution is 2.14. The Bertz CT molecular complexity index is 155. The van der Waals surface area contributed by atoms with Crippen molar-refractivity contribution < 1.29 is 4.74 Å². The number of hydrogen-bond donors (Lipinski definition) is 0. The summed E-state index contributed by atoms with van der Waals surface area (Å²) in [4.78, 5) is 2.52. The third kappa shape index (κ3) is 5.74. The monoisotopic (exact) mass is 233 g/mol. The number of hydrogen-bond acceptors (Lipinski definition) is 2. The Kier molecular flexibility index (Phi) is 7.41. The smallest absolute Gasteiger partial charge is 0.0702 e. The van der Waals surface area contributed by atoms with Crippen molar-refractivity contribution >= 4 is 11.6 Å². The number of ether oxygens (including phenoxy) is 1. The quantitative estimate of drug-likeness (QED) is 0.495. The summed E-state index contributed by atoms with van der Waals surface area (Å²) in [6.07, 6.45) is 6.50. The molecule has 0 aliphatic carbocycles. The zero-order valence-electron chi connectivity index (χ0n) is 9.88. The van der Waals surface area contributed by atoms with Gasteiger partial charge in [0.15, 0.2) is 0 Å². The number of nitrogens with zero attached hydrogens (tertiary/aromatic N) is 1. The lowest BCUT2D eigenvalue weighted by Crippen LogP contribution is -2.40. The first-order valence-corrected chi connectivity index (χ1v) is 6.80. The molecule has 3 heteroatoms. The second kappa shape index (κ2) is 8.37. The van der Waals surface area contributed by atoms with Crippen LogP contribution in [0.3, 0.4) is 0 Å². The van der Waals surface area contributed by atoms with Gasteiger partial charge < -0.3 is 9.64 Å². The average Bonchev–Trinajstić information content (AvgIpc) is 2.27. The van der Waals surface area contributed by atoms with E-state index in [0.717, 1.165) is 31.9 Å². The lowest BCUT2D eigenvalue weighted by Gasteiger charge is -2.32. The summed E-state index contributed by atoms with van der Waals surface area (Å²) in [6.45, 7) is 6.65. The molecule has 1 saturated heterocycles. The number of halogens is 1. The summed E-state index contributed by atoms with van der Waals surface area (Å²) >= 11 is 5.67. The molecule has 0 radical (unpaired) electrons. The van der Waals surface area contributed by atoms with Gasteiger partial charge in [0, 0.05) is 19.0 Å². The molecule has 2 nitrogen and oxygen atoms in total. The first-order chi connectivity index (χ1) is 7.36. The summed E-state index contributed by atoms with van der Waals surface area (Å²) in [7, 11) is 0. The third-order valence-electron chi connectivity index (χ3n) is 2.88. The molecule has 1 atom stereocenters. The zero-order valence-corrected chi connectivity index (χ0v) is 10.6. The number of likely N-dealkylation sites (tertiary alicyclic amines) is 1. The van der Waals surface area contributed by atoms with Crippen molar-refractivity contribution in [2.45, 2.75) is 45.1 Å². The number of piperidine rings is 1. The summed E-state index contributed by atoms with van der Waals surface area (Å²) in [6, 6.07) is 0. The first-order valence-electron chi connectivity index (χ1n) is 6.26. The molecule has 0 bridgehead atoms. The van der Waals surface area contributed by atoms with Gasteiger partial charge >= 0.3 is 0 Å². The summed E-state index contributed by atoms with van der Waals surface area (Å²) in [5, 5.41) is 0. The molecule has 1 fully saturated rings. The zero-order chi connectivity index (χ0) is 10.9. The van der Waals surface area contributed by atoms with Crippen LogP contribution in [0.15, 0.2) is 0 Å². The van der Waals surface area contributed by atoms with E-state index in [1.807, 2.05) is 0 Å². The van der Waals surface area contributed by atoms with Gasteiger partial charge in [-0.1, -0.05) is 6.92 Å². The van der Waals surface area contributed by atoms with Crippen LogP contribution in [0.25, 0.3) is 0 Å². The summed E-state index contributed by atoms with van der Waals surface area (Å²) in [5.41, 5.74) is 0. The van der Waals surface area contributed by atoms with Crippen LogP contribution in [-0.4, -0.2) is 43.1 Å². The third-order valence-corrected chi connectivity index (χ3v) is 3.15. The predicted octanol–water partition coefficient (Wildman–Crippen LogP) is 2.90. The van der Waals surface area contributed by atoms with Crippen molar-refractivity contribution in [1.82, 2.24) is 4.90 Å². The van der Waals surface area contributed by atoms with Crippen LogP contribution in [-0.2, 0) is 4.74 Å². The fourth-order valence-corrected chi connectivity index (χ4v) is 2.26. The number of unbranched alkanes of at least 4 members (excludes halogenated alkanes) is 1. The maximum absolute atomic E-state index is 5.80. The molecule has 1 heterocycles. The molecule has 1 aliphatic heterocycles. The molecule has 90 valence electrons.